The highest BCUT2D eigenvalue weighted by Crippen LogP contribution is 2.59. The first kappa shape index (κ1) is 20.9. The molecule has 2 heteroatoms. The molecular weight excluding hydrogens is 332 g/mol. The van der Waals surface area contributed by atoms with Gasteiger partial charge in [-0.25, -0.2) is 0 Å². The predicted octanol–water partition coefficient (Wildman–Crippen LogP) is 7.67. The molecule has 1 aliphatic heterocycles. The minimum absolute atomic E-state index is 0.834. The summed E-state index contributed by atoms with van der Waals surface area (Å²) in [6.45, 7) is 16.1. The highest BCUT2D eigenvalue weighted by molar-refractivity contribution is 6.77. The molecule has 3 aliphatic rings. The highest BCUT2D eigenvalue weighted by Gasteiger charge is 2.57. The van der Waals surface area contributed by atoms with E-state index in [2.05, 4.69) is 41.5 Å². The van der Waals surface area contributed by atoms with Gasteiger partial charge in [0.15, 0.2) is 8.32 Å². The van der Waals surface area contributed by atoms with Crippen LogP contribution in [-0.4, -0.2) is 14.9 Å². The lowest BCUT2D eigenvalue weighted by molar-refractivity contribution is 0.146. The largest absolute Gasteiger partial charge is 0.416 e. The van der Waals surface area contributed by atoms with Crippen LogP contribution in [-0.2, 0) is 4.43 Å². The van der Waals surface area contributed by atoms with Crippen LogP contribution in [0.1, 0.15) is 92.9 Å². The van der Waals surface area contributed by atoms with Crippen LogP contribution in [0.15, 0.2) is 0 Å². The number of rotatable bonds is 4. The Morgan fingerprint density at radius 3 is 1.62 bits per heavy atom. The zero-order chi connectivity index (χ0) is 18.9. The summed E-state index contributed by atoms with van der Waals surface area (Å²) in [5.41, 5.74) is 1.87. The van der Waals surface area contributed by atoms with Crippen molar-refractivity contribution in [1.82, 2.24) is 0 Å². The molecular formula is C24H46OSi. The maximum Gasteiger partial charge on any atom is 0.199 e. The molecule has 152 valence electrons. The Bertz CT molecular complexity index is 405. The van der Waals surface area contributed by atoms with Crippen LogP contribution in [0.5, 0.6) is 0 Å². The third-order valence-electron chi connectivity index (χ3n) is 8.63. The van der Waals surface area contributed by atoms with Crippen LogP contribution in [0.25, 0.3) is 0 Å². The predicted molar refractivity (Wildman–Crippen MR) is 116 cm³/mol. The summed E-state index contributed by atoms with van der Waals surface area (Å²) in [6.07, 6.45) is 11.6. The van der Waals surface area contributed by atoms with Crippen molar-refractivity contribution in [3.05, 3.63) is 0 Å². The van der Waals surface area contributed by atoms with Gasteiger partial charge >= 0.3 is 0 Å². The average molecular weight is 379 g/mol. The Morgan fingerprint density at radius 2 is 1.23 bits per heavy atom. The fourth-order valence-corrected chi connectivity index (χ4v) is 14.6. The fourth-order valence-electron chi connectivity index (χ4n) is 7.23. The Hall–Kier alpha value is 0.177. The molecule has 0 N–H and O–H groups in total. The Balaban J connectivity index is 1.98. The van der Waals surface area contributed by atoms with E-state index in [-0.39, 0.29) is 0 Å². The second-order valence-corrected chi connectivity index (χ2v) is 15.3. The van der Waals surface area contributed by atoms with E-state index in [1.165, 1.54) is 57.4 Å². The van der Waals surface area contributed by atoms with Gasteiger partial charge in [-0.3, -0.25) is 0 Å². The SMILES string of the molecule is CC1CCC(C(C)C)C([Si]2(C3CC(C)CCC3C(C)C)CCCCO2)C1. The van der Waals surface area contributed by atoms with E-state index < -0.39 is 8.32 Å². The summed E-state index contributed by atoms with van der Waals surface area (Å²) in [7, 11) is -1.72. The molecule has 0 aromatic rings. The van der Waals surface area contributed by atoms with Crippen molar-refractivity contribution in [1.29, 1.82) is 0 Å². The summed E-state index contributed by atoms with van der Waals surface area (Å²) >= 11 is 0. The number of hydrogen-bond donors (Lipinski definition) is 0. The van der Waals surface area contributed by atoms with Gasteiger partial charge in [-0.1, -0.05) is 60.8 Å². The van der Waals surface area contributed by atoms with Crippen LogP contribution < -0.4 is 0 Å². The Kier molecular flexibility index (Phi) is 6.98. The first-order chi connectivity index (χ1) is 12.3. The van der Waals surface area contributed by atoms with E-state index >= 15 is 0 Å². The third-order valence-corrected chi connectivity index (χ3v) is 14.3. The topological polar surface area (TPSA) is 9.23 Å². The van der Waals surface area contributed by atoms with Crippen LogP contribution in [0.2, 0.25) is 17.1 Å². The molecule has 1 saturated heterocycles. The number of hydrogen-bond acceptors (Lipinski definition) is 1. The molecule has 0 radical (unpaired) electrons. The molecule has 1 nitrogen and oxygen atoms in total. The molecule has 6 unspecified atom stereocenters. The van der Waals surface area contributed by atoms with Gasteiger partial charge in [-0.15, -0.1) is 0 Å². The minimum atomic E-state index is -1.72. The van der Waals surface area contributed by atoms with Gasteiger partial charge in [0.05, 0.1) is 0 Å². The fraction of sp³-hybridized carbons (Fsp3) is 1.00. The lowest BCUT2D eigenvalue weighted by Gasteiger charge is -2.56. The van der Waals surface area contributed by atoms with E-state index in [0.29, 0.717) is 0 Å². The first-order valence-corrected chi connectivity index (χ1v) is 14.3. The van der Waals surface area contributed by atoms with Crippen LogP contribution in [0.4, 0.5) is 0 Å². The van der Waals surface area contributed by atoms with Crippen molar-refractivity contribution in [3.8, 4) is 0 Å². The third kappa shape index (κ3) is 4.12. The summed E-state index contributed by atoms with van der Waals surface area (Å²) in [5, 5.41) is 0. The van der Waals surface area contributed by atoms with Gasteiger partial charge in [-0.2, -0.15) is 0 Å². The maximum absolute atomic E-state index is 7.14. The second-order valence-electron chi connectivity index (χ2n) is 11.1. The Morgan fingerprint density at radius 1 is 0.731 bits per heavy atom. The zero-order valence-electron chi connectivity index (χ0n) is 18.6. The van der Waals surface area contributed by atoms with E-state index in [9.17, 15) is 0 Å². The molecule has 0 aromatic carbocycles. The van der Waals surface area contributed by atoms with E-state index in [1.807, 2.05) is 0 Å². The highest BCUT2D eigenvalue weighted by atomic mass is 28.4. The van der Waals surface area contributed by atoms with Crippen molar-refractivity contribution in [2.75, 3.05) is 6.61 Å². The van der Waals surface area contributed by atoms with Crippen molar-refractivity contribution in [2.45, 2.75) is 110 Å². The van der Waals surface area contributed by atoms with Gasteiger partial charge in [0.2, 0.25) is 0 Å². The zero-order valence-corrected chi connectivity index (χ0v) is 19.6. The molecule has 0 bridgehead atoms. The molecule has 3 fully saturated rings. The molecule has 1 heterocycles. The van der Waals surface area contributed by atoms with Gasteiger partial charge in [-0.05, 0) is 84.7 Å². The van der Waals surface area contributed by atoms with Crippen molar-refractivity contribution >= 4 is 8.32 Å². The smallest absolute Gasteiger partial charge is 0.199 e. The molecule has 0 spiro atoms. The van der Waals surface area contributed by atoms with E-state index in [4.69, 9.17) is 4.43 Å². The van der Waals surface area contributed by atoms with Gasteiger partial charge < -0.3 is 4.43 Å². The van der Waals surface area contributed by atoms with Crippen molar-refractivity contribution in [3.63, 3.8) is 0 Å². The lowest BCUT2D eigenvalue weighted by atomic mass is 9.76. The monoisotopic (exact) mass is 378 g/mol. The van der Waals surface area contributed by atoms with E-state index in [1.54, 1.807) is 0 Å². The maximum atomic E-state index is 7.14. The molecule has 2 saturated carbocycles. The molecule has 26 heavy (non-hydrogen) atoms. The standard InChI is InChI=1S/C24H46OSi/c1-17(2)21-11-9-19(5)15-23(21)26(14-8-7-13-25-26)24-16-20(6)10-12-22(24)18(3)4/h17-24H,7-16H2,1-6H3. The summed E-state index contributed by atoms with van der Waals surface area (Å²) in [5.74, 6) is 5.37. The molecule has 2 aliphatic carbocycles. The molecule has 3 rings (SSSR count). The molecule has 0 amide bonds. The molecule has 6 atom stereocenters. The normalized spacial score (nSPS) is 45.2. The summed E-state index contributed by atoms with van der Waals surface area (Å²) < 4.78 is 7.14. The average Bonchev–Trinajstić information content (AvgIpc) is 2.61. The molecule has 0 aromatic heterocycles. The van der Waals surface area contributed by atoms with E-state index in [0.717, 1.165) is 53.2 Å². The van der Waals surface area contributed by atoms with Crippen LogP contribution in [0.3, 0.4) is 0 Å². The van der Waals surface area contributed by atoms with Gasteiger partial charge in [0, 0.05) is 6.61 Å². The van der Waals surface area contributed by atoms with Gasteiger partial charge in [0.25, 0.3) is 0 Å². The van der Waals surface area contributed by atoms with Crippen molar-refractivity contribution in [2.24, 2.45) is 35.5 Å². The van der Waals surface area contributed by atoms with Crippen LogP contribution >= 0.6 is 0 Å². The minimum Gasteiger partial charge on any atom is -0.416 e. The summed E-state index contributed by atoms with van der Waals surface area (Å²) in [4.78, 5) is 0. The second kappa shape index (κ2) is 8.68. The lowest BCUT2D eigenvalue weighted by Crippen LogP contribution is -2.57. The summed E-state index contributed by atoms with van der Waals surface area (Å²) in [6, 6.07) is 1.48. The Labute approximate surface area is 165 Å². The van der Waals surface area contributed by atoms with Crippen molar-refractivity contribution < 1.29 is 4.43 Å². The first-order valence-electron chi connectivity index (χ1n) is 12.0. The van der Waals surface area contributed by atoms with Gasteiger partial charge in [0.1, 0.15) is 0 Å². The van der Waals surface area contributed by atoms with Crippen LogP contribution in [0, 0.1) is 35.5 Å². The quantitative estimate of drug-likeness (QED) is 0.456.